The molecule has 0 amide bonds. The third-order valence-corrected chi connectivity index (χ3v) is 3.78. The van der Waals surface area contributed by atoms with Crippen LogP contribution in [-0.2, 0) is 11.3 Å². The maximum atomic E-state index is 11.5. The molecule has 1 aromatic heterocycles. The molecule has 0 saturated carbocycles. The van der Waals surface area contributed by atoms with E-state index in [4.69, 9.17) is 4.42 Å². The third kappa shape index (κ3) is 2.33. The Morgan fingerprint density at radius 1 is 1.63 bits per heavy atom. The fourth-order valence-corrected chi connectivity index (χ4v) is 2.70. The highest BCUT2D eigenvalue weighted by Gasteiger charge is 2.46. The molecule has 1 fully saturated rings. The van der Waals surface area contributed by atoms with Crippen molar-refractivity contribution in [3.05, 3.63) is 28.0 Å². The Balaban J connectivity index is 2.17. The second-order valence-electron chi connectivity index (χ2n) is 4.71. The second-order valence-corrected chi connectivity index (χ2v) is 4.71. The van der Waals surface area contributed by atoms with Gasteiger partial charge in [-0.3, -0.25) is 19.8 Å². The zero-order chi connectivity index (χ0) is 14.0. The summed E-state index contributed by atoms with van der Waals surface area (Å²) < 4.78 is 5.09. The number of carboxylic acid groups (broad SMARTS) is 1. The summed E-state index contributed by atoms with van der Waals surface area (Å²) in [5, 5.41) is 20.0. The van der Waals surface area contributed by atoms with Crippen molar-refractivity contribution in [2.75, 3.05) is 6.54 Å². The third-order valence-electron chi connectivity index (χ3n) is 3.78. The van der Waals surface area contributed by atoms with Crippen molar-refractivity contribution in [3.8, 4) is 0 Å². The van der Waals surface area contributed by atoms with Gasteiger partial charge in [-0.2, -0.15) is 0 Å². The molecule has 0 aromatic carbocycles. The summed E-state index contributed by atoms with van der Waals surface area (Å²) in [5.74, 6) is -0.729. The average Bonchev–Trinajstić information content (AvgIpc) is 2.96. The SMILES string of the molecule is CCC1(C(=O)O)CCCN1Cc1ccc([N+](=O)[O-])o1. The smallest absolute Gasteiger partial charge is 0.433 e. The Kier molecular flexibility index (Phi) is 3.57. The topological polar surface area (TPSA) is 96.8 Å². The van der Waals surface area contributed by atoms with Gasteiger partial charge < -0.3 is 9.52 Å². The van der Waals surface area contributed by atoms with E-state index in [-0.39, 0.29) is 12.4 Å². The van der Waals surface area contributed by atoms with Gasteiger partial charge in [0.25, 0.3) is 0 Å². The fourth-order valence-electron chi connectivity index (χ4n) is 2.70. The van der Waals surface area contributed by atoms with E-state index in [0.29, 0.717) is 25.1 Å². The van der Waals surface area contributed by atoms with E-state index in [2.05, 4.69) is 0 Å². The standard InChI is InChI=1S/C12H16N2O5/c1-2-12(11(15)16)6-3-7-13(12)8-9-4-5-10(19-9)14(17)18/h4-5H,2-3,6-8H2,1H3,(H,15,16). The quantitative estimate of drug-likeness (QED) is 0.648. The first-order chi connectivity index (χ1) is 8.99. The lowest BCUT2D eigenvalue weighted by atomic mass is 9.93. The predicted molar refractivity (Wildman–Crippen MR) is 65.7 cm³/mol. The minimum Gasteiger partial charge on any atom is -0.480 e. The molecular formula is C12H16N2O5. The molecule has 7 nitrogen and oxygen atoms in total. The van der Waals surface area contributed by atoms with Gasteiger partial charge in [0.15, 0.2) is 0 Å². The molecule has 1 aromatic rings. The number of furan rings is 1. The van der Waals surface area contributed by atoms with Crippen molar-refractivity contribution < 1.29 is 19.2 Å². The van der Waals surface area contributed by atoms with E-state index in [1.165, 1.54) is 12.1 Å². The molecule has 0 spiro atoms. The van der Waals surface area contributed by atoms with E-state index in [0.717, 1.165) is 6.42 Å². The maximum Gasteiger partial charge on any atom is 0.433 e. The Hall–Kier alpha value is -1.89. The van der Waals surface area contributed by atoms with Crippen LogP contribution in [0.2, 0.25) is 0 Å². The molecule has 1 aliphatic heterocycles. The van der Waals surface area contributed by atoms with Crippen molar-refractivity contribution in [1.29, 1.82) is 0 Å². The van der Waals surface area contributed by atoms with Crippen molar-refractivity contribution in [2.45, 2.75) is 38.3 Å². The number of nitrogens with zero attached hydrogens (tertiary/aromatic N) is 2. The molecule has 1 atom stereocenters. The molecule has 1 unspecified atom stereocenters. The summed E-state index contributed by atoms with van der Waals surface area (Å²) >= 11 is 0. The lowest BCUT2D eigenvalue weighted by Crippen LogP contribution is -2.49. The molecule has 0 aliphatic carbocycles. The van der Waals surface area contributed by atoms with E-state index in [1.54, 1.807) is 0 Å². The molecule has 1 aliphatic rings. The Labute approximate surface area is 110 Å². The van der Waals surface area contributed by atoms with Crippen LogP contribution >= 0.6 is 0 Å². The van der Waals surface area contributed by atoms with E-state index < -0.39 is 16.4 Å². The predicted octanol–water partition coefficient (Wildman–Crippen LogP) is 2.02. The highest BCUT2D eigenvalue weighted by molar-refractivity contribution is 5.79. The molecule has 2 heterocycles. The lowest BCUT2D eigenvalue weighted by molar-refractivity contribution is -0.402. The van der Waals surface area contributed by atoms with Gasteiger partial charge in [-0.05, 0) is 31.9 Å². The molecule has 104 valence electrons. The van der Waals surface area contributed by atoms with Gasteiger partial charge in [-0.1, -0.05) is 6.92 Å². The molecule has 19 heavy (non-hydrogen) atoms. The average molecular weight is 268 g/mol. The summed E-state index contributed by atoms with van der Waals surface area (Å²) in [6, 6.07) is 2.82. The van der Waals surface area contributed by atoms with Crippen LogP contribution in [-0.4, -0.2) is 33.0 Å². The number of hydrogen-bond acceptors (Lipinski definition) is 5. The Morgan fingerprint density at radius 2 is 2.37 bits per heavy atom. The van der Waals surface area contributed by atoms with Crippen molar-refractivity contribution >= 4 is 11.9 Å². The minimum absolute atomic E-state index is 0.286. The fraction of sp³-hybridized carbons (Fsp3) is 0.583. The van der Waals surface area contributed by atoms with E-state index in [9.17, 15) is 20.0 Å². The van der Waals surface area contributed by atoms with Crippen LogP contribution < -0.4 is 0 Å². The molecule has 1 saturated heterocycles. The monoisotopic (exact) mass is 268 g/mol. The van der Waals surface area contributed by atoms with E-state index in [1.807, 2.05) is 11.8 Å². The molecule has 0 radical (unpaired) electrons. The van der Waals surface area contributed by atoms with E-state index >= 15 is 0 Å². The number of carbonyl (C=O) groups is 1. The summed E-state index contributed by atoms with van der Waals surface area (Å²) in [6.07, 6.45) is 1.91. The summed E-state index contributed by atoms with van der Waals surface area (Å²) in [6.45, 7) is 2.79. The number of aliphatic carboxylic acids is 1. The highest BCUT2D eigenvalue weighted by atomic mass is 16.6. The van der Waals surface area contributed by atoms with Crippen LogP contribution in [0, 0.1) is 10.1 Å². The van der Waals surface area contributed by atoms with Crippen LogP contribution in [0.4, 0.5) is 5.88 Å². The second kappa shape index (κ2) is 5.00. The number of likely N-dealkylation sites (tertiary alicyclic amines) is 1. The van der Waals surface area contributed by atoms with Gasteiger partial charge in [0.1, 0.15) is 16.2 Å². The van der Waals surface area contributed by atoms with Crippen LogP contribution in [0.3, 0.4) is 0 Å². The van der Waals surface area contributed by atoms with Crippen molar-refractivity contribution in [1.82, 2.24) is 4.90 Å². The molecule has 7 heteroatoms. The first-order valence-corrected chi connectivity index (χ1v) is 6.21. The molecule has 0 bridgehead atoms. The largest absolute Gasteiger partial charge is 0.480 e. The number of nitro groups is 1. The lowest BCUT2D eigenvalue weighted by Gasteiger charge is -2.33. The van der Waals surface area contributed by atoms with Crippen LogP contribution in [0.25, 0.3) is 0 Å². The number of rotatable bonds is 5. The summed E-state index contributed by atoms with van der Waals surface area (Å²) in [4.78, 5) is 23.3. The normalized spacial score (nSPS) is 23.6. The number of hydrogen-bond donors (Lipinski definition) is 1. The molecule has 1 N–H and O–H groups in total. The molecule has 2 rings (SSSR count). The number of carboxylic acids is 1. The van der Waals surface area contributed by atoms with Gasteiger partial charge in [-0.25, -0.2) is 0 Å². The Bertz CT molecular complexity index is 498. The van der Waals surface area contributed by atoms with Crippen molar-refractivity contribution in [3.63, 3.8) is 0 Å². The van der Waals surface area contributed by atoms with Crippen LogP contribution in [0.15, 0.2) is 16.5 Å². The summed E-state index contributed by atoms with van der Waals surface area (Å²) in [7, 11) is 0. The van der Waals surface area contributed by atoms with Gasteiger partial charge in [0, 0.05) is 0 Å². The summed E-state index contributed by atoms with van der Waals surface area (Å²) in [5.41, 5.74) is -0.873. The van der Waals surface area contributed by atoms with Gasteiger partial charge in [0.05, 0.1) is 12.6 Å². The zero-order valence-electron chi connectivity index (χ0n) is 10.7. The van der Waals surface area contributed by atoms with Gasteiger partial charge in [-0.15, -0.1) is 0 Å². The first kappa shape index (κ1) is 13.5. The zero-order valence-corrected chi connectivity index (χ0v) is 10.7. The van der Waals surface area contributed by atoms with Crippen LogP contribution in [0.1, 0.15) is 31.9 Å². The van der Waals surface area contributed by atoms with Gasteiger partial charge >= 0.3 is 11.9 Å². The maximum absolute atomic E-state index is 11.5. The van der Waals surface area contributed by atoms with Crippen LogP contribution in [0.5, 0.6) is 0 Å². The van der Waals surface area contributed by atoms with Crippen molar-refractivity contribution in [2.24, 2.45) is 0 Å². The molecular weight excluding hydrogens is 252 g/mol. The minimum atomic E-state index is -0.873. The van der Waals surface area contributed by atoms with Gasteiger partial charge in [0.2, 0.25) is 0 Å². The Morgan fingerprint density at radius 3 is 2.89 bits per heavy atom. The highest BCUT2D eigenvalue weighted by Crippen LogP contribution is 2.34. The first-order valence-electron chi connectivity index (χ1n) is 6.21.